The van der Waals surface area contributed by atoms with E-state index in [2.05, 4.69) is 55.1 Å². The zero-order valence-corrected chi connectivity index (χ0v) is 15.0. The maximum absolute atomic E-state index is 10.1. The molecule has 1 N–H and O–H groups in total. The smallest absolute Gasteiger partial charge is 0.119 e. The Hall–Kier alpha value is -1.61. The number of aryl methyl sites for hydroxylation is 1. The zero-order chi connectivity index (χ0) is 16.4. The summed E-state index contributed by atoms with van der Waals surface area (Å²) in [7, 11) is 0. The molecule has 0 aliphatic carbocycles. The highest BCUT2D eigenvalue weighted by Crippen LogP contribution is 2.47. The molecule has 0 saturated carbocycles. The van der Waals surface area contributed by atoms with Crippen molar-refractivity contribution in [3.8, 4) is 5.75 Å². The van der Waals surface area contributed by atoms with Crippen LogP contribution < -0.4 is 4.90 Å². The monoisotopic (exact) mass is 327 g/mol. The van der Waals surface area contributed by atoms with Gasteiger partial charge in [0.25, 0.3) is 0 Å². The van der Waals surface area contributed by atoms with Gasteiger partial charge in [-0.2, -0.15) is 0 Å². The first kappa shape index (κ1) is 16.3. The molecule has 1 heterocycles. The standard InChI is InChI=1S/C20H25NOS/c1-4-20(5-2)13-21(16-9-7-6-8-10-16)17-11-15(3)18(22)12-19(17)23-14-20/h6-12,22H,4-5,13-14H2,1-3H3. The van der Waals surface area contributed by atoms with Gasteiger partial charge < -0.3 is 10.0 Å². The molecular weight excluding hydrogens is 302 g/mol. The third-order valence-corrected chi connectivity index (χ3v) is 6.56. The Morgan fingerprint density at radius 1 is 1.13 bits per heavy atom. The van der Waals surface area contributed by atoms with Crippen molar-refractivity contribution >= 4 is 23.1 Å². The van der Waals surface area contributed by atoms with E-state index in [1.807, 2.05) is 24.8 Å². The number of anilines is 2. The van der Waals surface area contributed by atoms with Crippen molar-refractivity contribution in [3.05, 3.63) is 48.0 Å². The summed E-state index contributed by atoms with van der Waals surface area (Å²) in [5.74, 6) is 1.49. The minimum atomic E-state index is 0.295. The number of benzene rings is 2. The Morgan fingerprint density at radius 2 is 1.83 bits per heavy atom. The Morgan fingerprint density at radius 3 is 2.48 bits per heavy atom. The summed E-state index contributed by atoms with van der Waals surface area (Å²) in [6, 6.07) is 14.7. The van der Waals surface area contributed by atoms with Gasteiger partial charge in [0.1, 0.15) is 5.75 Å². The number of hydrogen-bond donors (Lipinski definition) is 1. The lowest BCUT2D eigenvalue weighted by Gasteiger charge is -2.36. The summed E-state index contributed by atoms with van der Waals surface area (Å²) in [5.41, 5.74) is 3.68. The molecule has 0 fully saturated rings. The summed E-state index contributed by atoms with van der Waals surface area (Å²) < 4.78 is 0. The number of rotatable bonds is 3. The second kappa shape index (κ2) is 6.48. The molecule has 0 unspecified atom stereocenters. The molecule has 0 radical (unpaired) electrons. The van der Waals surface area contributed by atoms with E-state index in [-0.39, 0.29) is 0 Å². The Balaban J connectivity index is 2.14. The lowest BCUT2D eigenvalue weighted by molar-refractivity contribution is 0.319. The van der Waals surface area contributed by atoms with E-state index in [9.17, 15) is 5.11 Å². The molecule has 3 heteroatoms. The van der Waals surface area contributed by atoms with E-state index < -0.39 is 0 Å². The molecule has 1 aliphatic heterocycles. The average molecular weight is 327 g/mol. The summed E-state index contributed by atoms with van der Waals surface area (Å²) >= 11 is 1.89. The maximum Gasteiger partial charge on any atom is 0.119 e. The summed E-state index contributed by atoms with van der Waals surface area (Å²) in [4.78, 5) is 3.62. The van der Waals surface area contributed by atoms with Crippen LogP contribution in [-0.4, -0.2) is 17.4 Å². The van der Waals surface area contributed by atoms with E-state index in [0.717, 1.165) is 17.9 Å². The molecule has 1 aliphatic rings. The number of phenolic OH excluding ortho intramolecular Hbond substituents is 1. The molecule has 0 aromatic heterocycles. The van der Waals surface area contributed by atoms with Gasteiger partial charge in [0, 0.05) is 22.9 Å². The lowest BCUT2D eigenvalue weighted by atomic mass is 9.83. The summed E-state index contributed by atoms with van der Waals surface area (Å²) in [6.45, 7) is 7.59. The molecule has 0 amide bonds. The summed E-state index contributed by atoms with van der Waals surface area (Å²) in [5, 5.41) is 10.1. The number of fused-ring (bicyclic) bond motifs is 1. The Labute approximate surface area is 143 Å². The average Bonchev–Trinajstić information content (AvgIpc) is 2.74. The third-order valence-electron chi connectivity index (χ3n) is 5.16. The highest BCUT2D eigenvalue weighted by atomic mass is 32.2. The van der Waals surface area contributed by atoms with E-state index in [0.29, 0.717) is 11.2 Å². The van der Waals surface area contributed by atoms with E-state index in [4.69, 9.17) is 0 Å². The minimum Gasteiger partial charge on any atom is -0.508 e. The highest BCUT2D eigenvalue weighted by molar-refractivity contribution is 7.99. The van der Waals surface area contributed by atoms with Gasteiger partial charge in [-0.1, -0.05) is 32.0 Å². The molecular formula is C20H25NOS. The second-order valence-corrected chi connectivity index (χ2v) is 7.54. The van der Waals surface area contributed by atoms with Gasteiger partial charge in [-0.3, -0.25) is 0 Å². The molecule has 2 aromatic rings. The van der Waals surface area contributed by atoms with Crippen LogP contribution in [0.1, 0.15) is 32.3 Å². The number of hydrogen-bond acceptors (Lipinski definition) is 3. The normalized spacial score (nSPS) is 16.7. The number of thioether (sulfide) groups is 1. The molecule has 0 saturated heterocycles. The quantitative estimate of drug-likeness (QED) is 0.776. The molecule has 0 spiro atoms. The Bertz CT molecular complexity index is 680. The number of phenols is 1. The Kier molecular flexibility index (Phi) is 4.58. The zero-order valence-electron chi connectivity index (χ0n) is 14.2. The first-order chi connectivity index (χ1) is 11.1. The molecule has 0 atom stereocenters. The first-order valence-electron chi connectivity index (χ1n) is 8.37. The second-order valence-electron chi connectivity index (χ2n) is 6.52. The molecule has 2 aromatic carbocycles. The van der Waals surface area contributed by atoms with Gasteiger partial charge in [0.15, 0.2) is 0 Å². The van der Waals surface area contributed by atoms with Crippen LogP contribution in [0, 0.1) is 12.3 Å². The van der Waals surface area contributed by atoms with Crippen molar-refractivity contribution in [2.24, 2.45) is 5.41 Å². The van der Waals surface area contributed by atoms with Gasteiger partial charge in [-0.05, 0) is 55.0 Å². The van der Waals surface area contributed by atoms with E-state index >= 15 is 0 Å². The SMILES string of the molecule is CCC1(CC)CSc2cc(O)c(C)cc2N(c2ccccc2)C1. The van der Waals surface area contributed by atoms with Crippen molar-refractivity contribution in [2.45, 2.75) is 38.5 Å². The van der Waals surface area contributed by atoms with Crippen LogP contribution in [0.4, 0.5) is 11.4 Å². The number of para-hydroxylation sites is 1. The fourth-order valence-electron chi connectivity index (χ4n) is 3.20. The molecule has 2 nitrogen and oxygen atoms in total. The van der Waals surface area contributed by atoms with Crippen LogP contribution in [0.5, 0.6) is 5.75 Å². The molecule has 23 heavy (non-hydrogen) atoms. The van der Waals surface area contributed by atoms with Crippen LogP contribution in [0.2, 0.25) is 0 Å². The van der Waals surface area contributed by atoms with Gasteiger partial charge in [-0.25, -0.2) is 0 Å². The van der Waals surface area contributed by atoms with Crippen molar-refractivity contribution in [1.29, 1.82) is 0 Å². The van der Waals surface area contributed by atoms with Gasteiger partial charge >= 0.3 is 0 Å². The highest BCUT2D eigenvalue weighted by Gasteiger charge is 2.34. The minimum absolute atomic E-state index is 0.295. The fourth-order valence-corrected chi connectivity index (χ4v) is 4.67. The largest absolute Gasteiger partial charge is 0.508 e. The van der Waals surface area contributed by atoms with Crippen molar-refractivity contribution in [3.63, 3.8) is 0 Å². The van der Waals surface area contributed by atoms with Crippen molar-refractivity contribution in [1.82, 2.24) is 0 Å². The van der Waals surface area contributed by atoms with Crippen LogP contribution in [0.15, 0.2) is 47.4 Å². The van der Waals surface area contributed by atoms with E-state index in [1.165, 1.54) is 29.1 Å². The van der Waals surface area contributed by atoms with Crippen molar-refractivity contribution in [2.75, 3.05) is 17.2 Å². The van der Waals surface area contributed by atoms with Gasteiger partial charge in [0.05, 0.1) is 5.69 Å². The van der Waals surface area contributed by atoms with E-state index in [1.54, 1.807) is 0 Å². The van der Waals surface area contributed by atoms with Gasteiger partial charge in [-0.15, -0.1) is 11.8 Å². The van der Waals surface area contributed by atoms with Crippen LogP contribution >= 0.6 is 11.8 Å². The van der Waals surface area contributed by atoms with Crippen molar-refractivity contribution < 1.29 is 5.11 Å². The van der Waals surface area contributed by atoms with Crippen LogP contribution in [0.3, 0.4) is 0 Å². The fraction of sp³-hybridized carbons (Fsp3) is 0.400. The molecule has 122 valence electrons. The summed E-state index contributed by atoms with van der Waals surface area (Å²) in [6.07, 6.45) is 2.33. The molecule has 3 rings (SSSR count). The number of nitrogens with zero attached hydrogens (tertiary/aromatic N) is 1. The first-order valence-corrected chi connectivity index (χ1v) is 9.36. The van der Waals surface area contributed by atoms with Gasteiger partial charge in [0.2, 0.25) is 0 Å². The number of aromatic hydroxyl groups is 1. The predicted molar refractivity (Wildman–Crippen MR) is 100 cm³/mol. The predicted octanol–water partition coefficient (Wildman–Crippen LogP) is 5.75. The molecule has 0 bridgehead atoms. The maximum atomic E-state index is 10.1. The van der Waals surface area contributed by atoms with Crippen LogP contribution in [0.25, 0.3) is 0 Å². The topological polar surface area (TPSA) is 23.5 Å². The lowest BCUT2D eigenvalue weighted by Crippen LogP contribution is -2.35. The van der Waals surface area contributed by atoms with Crippen LogP contribution in [-0.2, 0) is 0 Å². The third kappa shape index (κ3) is 3.07.